The average Bonchev–Trinajstić information content (AvgIpc) is 2.30. The Morgan fingerprint density at radius 1 is 0.778 bits per heavy atom. The fourth-order valence-corrected chi connectivity index (χ4v) is 2.41. The fourth-order valence-electron chi connectivity index (χ4n) is 2.41. The summed E-state index contributed by atoms with van der Waals surface area (Å²) in [6.07, 6.45) is 0. The van der Waals surface area contributed by atoms with E-state index in [1.165, 1.54) is 38.6 Å². The first-order chi connectivity index (χ1) is 8.47. The quantitative estimate of drug-likeness (QED) is 0.666. The van der Waals surface area contributed by atoms with E-state index in [-0.39, 0.29) is 0 Å². The monoisotopic (exact) mass is 234 g/mol. The van der Waals surface area contributed by atoms with Crippen LogP contribution in [0, 0.1) is 27.7 Å². The summed E-state index contributed by atoms with van der Waals surface area (Å²) in [5, 5.41) is 0. The summed E-state index contributed by atoms with van der Waals surface area (Å²) >= 11 is 0. The van der Waals surface area contributed by atoms with Gasteiger partial charge < -0.3 is 0 Å². The number of hydrogen-bond donors (Lipinski definition) is 0. The molecule has 2 rings (SSSR count). The first-order valence-electron chi connectivity index (χ1n) is 6.60. The van der Waals surface area contributed by atoms with Gasteiger partial charge in [0.1, 0.15) is 7.85 Å². The lowest BCUT2D eigenvalue weighted by molar-refractivity contribution is 1.42. The molecule has 0 aromatic heterocycles. The number of benzene rings is 2. The molecule has 0 N–H and O–H groups in total. The third-order valence-electron chi connectivity index (χ3n) is 3.84. The van der Waals surface area contributed by atoms with E-state index in [2.05, 4.69) is 65.9 Å². The first kappa shape index (κ1) is 13.0. The van der Waals surface area contributed by atoms with E-state index in [0.717, 1.165) is 7.28 Å². The summed E-state index contributed by atoms with van der Waals surface area (Å²) in [6, 6.07) is 11.4. The Morgan fingerprint density at radius 2 is 1.44 bits per heavy atom. The second-order valence-electron chi connectivity index (χ2n) is 5.47. The smallest absolute Gasteiger partial charge is 0.0866 e. The van der Waals surface area contributed by atoms with Crippen LogP contribution in [0.5, 0.6) is 0 Å². The molecule has 0 bridgehead atoms. The summed E-state index contributed by atoms with van der Waals surface area (Å²) < 4.78 is 0. The molecule has 0 atom stereocenters. The van der Waals surface area contributed by atoms with Crippen LogP contribution >= 0.6 is 0 Å². The molecule has 2 aromatic carbocycles. The third-order valence-corrected chi connectivity index (χ3v) is 3.84. The zero-order valence-corrected chi connectivity index (χ0v) is 12.1. The van der Waals surface area contributed by atoms with Crippen molar-refractivity contribution in [2.24, 2.45) is 0 Å². The highest BCUT2D eigenvalue weighted by molar-refractivity contribution is 6.68. The standard InChI is InChI=1S/C16H20B2/c1-10-5-6-11(2)15(7-10)18-16-9-14(17)12(3)8-13(16)4/h5-9,18H,17H2,1-4H3. The molecule has 0 aliphatic carbocycles. The molecule has 0 saturated heterocycles. The molecule has 0 amide bonds. The van der Waals surface area contributed by atoms with Crippen LogP contribution in [0.1, 0.15) is 22.3 Å². The lowest BCUT2D eigenvalue weighted by Gasteiger charge is -2.11. The Hall–Kier alpha value is -1.43. The SMILES string of the molecule is Bc1cc(Bc2cc(C)ccc2C)c(C)cc1C. The highest BCUT2D eigenvalue weighted by atomic mass is 14.0. The molecule has 0 unspecified atom stereocenters. The molecule has 2 heteroatoms. The highest BCUT2D eigenvalue weighted by Gasteiger charge is 2.07. The van der Waals surface area contributed by atoms with Crippen molar-refractivity contribution in [2.75, 3.05) is 0 Å². The van der Waals surface area contributed by atoms with Crippen molar-refractivity contribution in [1.29, 1.82) is 0 Å². The predicted molar refractivity (Wildman–Crippen MR) is 86.4 cm³/mol. The minimum absolute atomic E-state index is 1.04. The van der Waals surface area contributed by atoms with Crippen LogP contribution in [-0.2, 0) is 0 Å². The Labute approximate surface area is 112 Å². The predicted octanol–water partition coefficient (Wildman–Crippen LogP) is 0.566. The molecule has 2 aromatic rings. The molecule has 0 fully saturated rings. The second kappa shape index (κ2) is 5.06. The van der Waals surface area contributed by atoms with E-state index in [4.69, 9.17) is 0 Å². The van der Waals surface area contributed by atoms with Crippen molar-refractivity contribution in [1.82, 2.24) is 0 Å². The molecule has 0 radical (unpaired) electrons. The molecule has 90 valence electrons. The van der Waals surface area contributed by atoms with Gasteiger partial charge in [-0.05, 0) is 27.7 Å². The summed E-state index contributed by atoms with van der Waals surface area (Å²) in [5.41, 5.74) is 9.81. The third kappa shape index (κ3) is 2.69. The van der Waals surface area contributed by atoms with Crippen molar-refractivity contribution in [3.8, 4) is 0 Å². The zero-order valence-electron chi connectivity index (χ0n) is 12.1. The summed E-state index contributed by atoms with van der Waals surface area (Å²) in [6.45, 7) is 8.76. The largest absolute Gasteiger partial charge is 0.192 e. The normalized spacial score (nSPS) is 10.4. The Kier molecular flexibility index (Phi) is 3.65. The van der Waals surface area contributed by atoms with Gasteiger partial charge in [-0.15, -0.1) is 0 Å². The number of hydrogen-bond acceptors (Lipinski definition) is 0. The molecule has 0 nitrogen and oxygen atoms in total. The molecule has 0 saturated carbocycles. The van der Waals surface area contributed by atoms with Gasteiger partial charge in [-0.3, -0.25) is 0 Å². The van der Waals surface area contributed by atoms with Crippen LogP contribution in [0.3, 0.4) is 0 Å². The molecule has 0 aliphatic rings. The van der Waals surface area contributed by atoms with Gasteiger partial charge in [0.05, 0.1) is 0 Å². The summed E-state index contributed by atoms with van der Waals surface area (Å²) in [7, 11) is 3.24. The molecular formula is C16H20B2. The summed E-state index contributed by atoms with van der Waals surface area (Å²) in [4.78, 5) is 0. The van der Waals surface area contributed by atoms with Gasteiger partial charge >= 0.3 is 0 Å². The maximum absolute atomic E-state index is 2.34. The van der Waals surface area contributed by atoms with E-state index in [1.807, 2.05) is 0 Å². The fraction of sp³-hybridized carbons (Fsp3) is 0.250. The lowest BCUT2D eigenvalue weighted by atomic mass is 9.60. The van der Waals surface area contributed by atoms with Crippen LogP contribution in [0.4, 0.5) is 0 Å². The Morgan fingerprint density at radius 3 is 2.17 bits per heavy atom. The minimum Gasteiger partial charge on any atom is -0.0866 e. The minimum atomic E-state index is 1.04. The van der Waals surface area contributed by atoms with E-state index in [1.54, 1.807) is 0 Å². The Balaban J connectivity index is 2.40. The average molecular weight is 234 g/mol. The maximum Gasteiger partial charge on any atom is 0.192 e. The van der Waals surface area contributed by atoms with E-state index >= 15 is 0 Å². The lowest BCUT2D eigenvalue weighted by Crippen LogP contribution is -2.33. The van der Waals surface area contributed by atoms with Crippen molar-refractivity contribution in [3.05, 3.63) is 52.6 Å². The molecule has 0 heterocycles. The van der Waals surface area contributed by atoms with E-state index in [0.29, 0.717) is 0 Å². The summed E-state index contributed by atoms with van der Waals surface area (Å²) in [5.74, 6) is 0. The zero-order chi connectivity index (χ0) is 13.3. The highest BCUT2D eigenvalue weighted by Crippen LogP contribution is 2.01. The second-order valence-corrected chi connectivity index (χ2v) is 5.47. The van der Waals surface area contributed by atoms with Gasteiger partial charge in [0.25, 0.3) is 0 Å². The van der Waals surface area contributed by atoms with Crippen molar-refractivity contribution < 1.29 is 0 Å². The van der Waals surface area contributed by atoms with Crippen LogP contribution in [0.15, 0.2) is 30.3 Å². The van der Waals surface area contributed by atoms with E-state index in [9.17, 15) is 0 Å². The van der Waals surface area contributed by atoms with Crippen LogP contribution in [0.2, 0.25) is 0 Å². The van der Waals surface area contributed by atoms with Crippen LogP contribution in [-0.4, -0.2) is 15.1 Å². The van der Waals surface area contributed by atoms with Crippen molar-refractivity contribution in [2.45, 2.75) is 27.7 Å². The molecule has 18 heavy (non-hydrogen) atoms. The van der Waals surface area contributed by atoms with Gasteiger partial charge in [-0.2, -0.15) is 0 Å². The van der Waals surface area contributed by atoms with Gasteiger partial charge in [-0.1, -0.05) is 69.0 Å². The number of rotatable bonds is 2. The maximum atomic E-state index is 2.34. The van der Waals surface area contributed by atoms with E-state index < -0.39 is 0 Å². The molecule has 0 aliphatic heterocycles. The van der Waals surface area contributed by atoms with Crippen molar-refractivity contribution in [3.63, 3.8) is 0 Å². The van der Waals surface area contributed by atoms with Gasteiger partial charge in [0.15, 0.2) is 7.28 Å². The van der Waals surface area contributed by atoms with Crippen molar-refractivity contribution >= 4 is 31.5 Å². The van der Waals surface area contributed by atoms with Crippen LogP contribution < -0.4 is 16.4 Å². The van der Waals surface area contributed by atoms with Gasteiger partial charge in [-0.25, -0.2) is 0 Å². The Bertz CT molecular complexity index is 586. The van der Waals surface area contributed by atoms with Gasteiger partial charge in [0.2, 0.25) is 0 Å². The topological polar surface area (TPSA) is 0 Å². The molecule has 0 spiro atoms. The van der Waals surface area contributed by atoms with Crippen LogP contribution in [0.25, 0.3) is 0 Å². The first-order valence-corrected chi connectivity index (χ1v) is 6.60. The molecular weight excluding hydrogens is 214 g/mol. The van der Waals surface area contributed by atoms with Gasteiger partial charge in [0, 0.05) is 0 Å². The number of aryl methyl sites for hydroxylation is 4.